The molecule has 0 saturated carbocycles. The Balaban J connectivity index is 2.10. The fourth-order valence-corrected chi connectivity index (χ4v) is 4.38. The fourth-order valence-electron chi connectivity index (χ4n) is 2.39. The number of hydrogen-bond acceptors (Lipinski definition) is 3. The van der Waals surface area contributed by atoms with Gasteiger partial charge in [0.15, 0.2) is 9.84 Å². The number of benzene rings is 1. The average molecular weight is 322 g/mol. The van der Waals surface area contributed by atoms with Crippen molar-refractivity contribution in [2.24, 2.45) is 0 Å². The quantitative estimate of drug-likeness (QED) is 0.926. The van der Waals surface area contributed by atoms with Crippen LogP contribution >= 0.6 is 23.2 Å². The maximum Gasteiger partial charge on any atom is 0.151 e. The molecule has 3 nitrogen and oxygen atoms in total. The van der Waals surface area contributed by atoms with Crippen LogP contribution in [-0.4, -0.2) is 26.0 Å². The Hall–Kier alpha value is -0.290. The summed E-state index contributed by atoms with van der Waals surface area (Å²) in [5.41, 5.74) is 1.04. The molecule has 106 valence electrons. The van der Waals surface area contributed by atoms with E-state index in [0.29, 0.717) is 16.5 Å². The van der Waals surface area contributed by atoms with Crippen LogP contribution in [0.4, 0.5) is 0 Å². The van der Waals surface area contributed by atoms with E-state index in [1.165, 1.54) is 0 Å². The highest BCUT2D eigenvalue weighted by molar-refractivity contribution is 7.91. The van der Waals surface area contributed by atoms with Gasteiger partial charge in [0.1, 0.15) is 0 Å². The van der Waals surface area contributed by atoms with Crippen molar-refractivity contribution in [1.82, 2.24) is 5.32 Å². The van der Waals surface area contributed by atoms with Crippen molar-refractivity contribution in [2.45, 2.75) is 31.8 Å². The van der Waals surface area contributed by atoms with Gasteiger partial charge in [-0.1, -0.05) is 36.2 Å². The molecule has 1 saturated heterocycles. The third-order valence-corrected chi connectivity index (χ3v) is 5.93. The predicted molar refractivity (Wildman–Crippen MR) is 79.7 cm³/mol. The van der Waals surface area contributed by atoms with E-state index < -0.39 is 9.84 Å². The van der Waals surface area contributed by atoms with E-state index in [9.17, 15) is 8.42 Å². The minimum atomic E-state index is -2.86. The summed E-state index contributed by atoms with van der Waals surface area (Å²) in [6, 6.07) is 5.68. The van der Waals surface area contributed by atoms with Crippen molar-refractivity contribution < 1.29 is 8.42 Å². The normalized spacial score (nSPS) is 23.4. The number of nitrogens with one attached hydrogen (secondary N) is 1. The zero-order chi connectivity index (χ0) is 14.0. The van der Waals surface area contributed by atoms with Crippen molar-refractivity contribution in [1.29, 1.82) is 0 Å². The van der Waals surface area contributed by atoms with E-state index in [1.54, 1.807) is 6.07 Å². The van der Waals surface area contributed by atoms with E-state index in [4.69, 9.17) is 23.2 Å². The van der Waals surface area contributed by atoms with E-state index in [0.717, 1.165) is 12.0 Å². The minimum Gasteiger partial charge on any atom is -0.306 e. The molecular weight excluding hydrogens is 305 g/mol. The summed E-state index contributed by atoms with van der Waals surface area (Å²) < 4.78 is 22.9. The first-order valence-electron chi connectivity index (χ1n) is 6.32. The molecule has 6 heteroatoms. The number of rotatable bonds is 4. The zero-order valence-electron chi connectivity index (χ0n) is 10.7. The maximum atomic E-state index is 11.5. The van der Waals surface area contributed by atoms with Gasteiger partial charge in [0.05, 0.1) is 21.6 Å². The van der Waals surface area contributed by atoms with Gasteiger partial charge in [-0.3, -0.25) is 0 Å². The van der Waals surface area contributed by atoms with E-state index in [1.807, 2.05) is 12.1 Å². The van der Waals surface area contributed by atoms with Gasteiger partial charge >= 0.3 is 0 Å². The molecule has 1 heterocycles. The van der Waals surface area contributed by atoms with Crippen LogP contribution in [0.3, 0.4) is 0 Å². The first-order chi connectivity index (χ1) is 8.91. The van der Waals surface area contributed by atoms with Crippen LogP contribution in [0.5, 0.6) is 0 Å². The first-order valence-corrected chi connectivity index (χ1v) is 8.90. The topological polar surface area (TPSA) is 46.2 Å². The van der Waals surface area contributed by atoms with Crippen LogP contribution in [0.1, 0.15) is 31.4 Å². The van der Waals surface area contributed by atoms with Crippen molar-refractivity contribution in [3.05, 3.63) is 33.8 Å². The smallest absolute Gasteiger partial charge is 0.151 e. The van der Waals surface area contributed by atoms with E-state index in [2.05, 4.69) is 12.2 Å². The second-order valence-electron chi connectivity index (χ2n) is 4.90. The van der Waals surface area contributed by atoms with Crippen LogP contribution < -0.4 is 5.32 Å². The van der Waals surface area contributed by atoms with Gasteiger partial charge in [-0.25, -0.2) is 8.42 Å². The molecule has 1 aromatic rings. The zero-order valence-corrected chi connectivity index (χ0v) is 13.0. The van der Waals surface area contributed by atoms with Gasteiger partial charge in [-0.05, 0) is 30.5 Å². The Morgan fingerprint density at radius 3 is 2.63 bits per heavy atom. The molecule has 1 N–H and O–H groups in total. The molecule has 1 aromatic carbocycles. The Kier molecular flexibility index (Phi) is 4.77. The monoisotopic (exact) mass is 321 g/mol. The molecule has 0 aromatic heterocycles. The average Bonchev–Trinajstić information content (AvgIpc) is 2.69. The number of hydrogen-bond donors (Lipinski definition) is 1. The van der Waals surface area contributed by atoms with Gasteiger partial charge in [0.25, 0.3) is 0 Å². The summed E-state index contributed by atoms with van der Waals surface area (Å²) in [6.45, 7) is 2.06. The van der Waals surface area contributed by atoms with E-state index >= 15 is 0 Å². The summed E-state index contributed by atoms with van der Waals surface area (Å²) in [7, 11) is -2.86. The van der Waals surface area contributed by atoms with Crippen molar-refractivity contribution in [3.8, 4) is 0 Å². The third-order valence-electron chi connectivity index (χ3n) is 3.42. The first kappa shape index (κ1) is 15.1. The summed E-state index contributed by atoms with van der Waals surface area (Å²) >= 11 is 11.9. The van der Waals surface area contributed by atoms with Gasteiger partial charge < -0.3 is 5.32 Å². The summed E-state index contributed by atoms with van der Waals surface area (Å²) in [5.74, 6) is 0.507. The Bertz CT molecular complexity index is 560. The lowest BCUT2D eigenvalue weighted by atomic mass is 10.0. The van der Waals surface area contributed by atoms with Crippen LogP contribution in [0.15, 0.2) is 18.2 Å². The molecule has 19 heavy (non-hydrogen) atoms. The van der Waals surface area contributed by atoms with Crippen molar-refractivity contribution in [2.75, 3.05) is 11.5 Å². The lowest BCUT2D eigenvalue weighted by Gasteiger charge is -2.22. The molecule has 1 aliphatic rings. The Morgan fingerprint density at radius 2 is 2.11 bits per heavy atom. The fraction of sp³-hybridized carbons (Fsp3) is 0.538. The van der Waals surface area contributed by atoms with E-state index in [-0.39, 0.29) is 23.6 Å². The van der Waals surface area contributed by atoms with Crippen molar-refractivity contribution in [3.63, 3.8) is 0 Å². The molecule has 0 amide bonds. The van der Waals surface area contributed by atoms with Gasteiger partial charge in [0, 0.05) is 12.1 Å². The maximum absolute atomic E-state index is 11.5. The number of halogens is 2. The molecule has 0 spiro atoms. The molecule has 0 radical (unpaired) electrons. The molecule has 2 rings (SSSR count). The SMILES string of the molecule is CCC(NC1CCS(=O)(=O)C1)c1ccc(Cl)c(Cl)c1. The highest BCUT2D eigenvalue weighted by Gasteiger charge is 2.29. The highest BCUT2D eigenvalue weighted by atomic mass is 35.5. The number of sulfone groups is 1. The lowest BCUT2D eigenvalue weighted by Crippen LogP contribution is -2.33. The summed E-state index contributed by atoms with van der Waals surface area (Å²) in [5, 5.41) is 4.46. The Labute approximate surface area is 124 Å². The molecule has 2 atom stereocenters. The molecule has 2 unspecified atom stereocenters. The molecule has 0 bridgehead atoms. The second-order valence-corrected chi connectivity index (χ2v) is 7.94. The second kappa shape index (κ2) is 6.00. The van der Waals surface area contributed by atoms with Crippen molar-refractivity contribution >= 4 is 33.0 Å². The lowest BCUT2D eigenvalue weighted by molar-refractivity contribution is 0.450. The molecular formula is C13H17Cl2NO2S. The molecule has 0 aliphatic carbocycles. The minimum absolute atomic E-state index is 0.0319. The molecule has 1 fully saturated rings. The highest BCUT2D eigenvalue weighted by Crippen LogP contribution is 2.28. The van der Waals surface area contributed by atoms with Gasteiger partial charge in [0.2, 0.25) is 0 Å². The van der Waals surface area contributed by atoms with Gasteiger partial charge in [-0.15, -0.1) is 0 Å². The summed E-state index contributed by atoms with van der Waals surface area (Å²) in [4.78, 5) is 0. The predicted octanol–water partition coefficient (Wildman–Crippen LogP) is 3.22. The molecule has 1 aliphatic heterocycles. The largest absolute Gasteiger partial charge is 0.306 e. The standard InChI is InChI=1S/C13H17Cl2NO2S/c1-2-13(9-3-4-11(14)12(15)7-9)16-10-5-6-19(17,18)8-10/h3-4,7,10,13,16H,2,5-6,8H2,1H3. The van der Waals surface area contributed by atoms with Crippen LogP contribution in [0.2, 0.25) is 10.0 Å². The van der Waals surface area contributed by atoms with Gasteiger partial charge in [-0.2, -0.15) is 0 Å². The van der Waals surface area contributed by atoms with Crippen LogP contribution in [0.25, 0.3) is 0 Å². The third kappa shape index (κ3) is 3.85. The Morgan fingerprint density at radius 1 is 1.37 bits per heavy atom. The van der Waals surface area contributed by atoms with Crippen LogP contribution in [0, 0.1) is 0 Å². The summed E-state index contributed by atoms with van der Waals surface area (Å²) in [6.07, 6.45) is 1.55. The van der Waals surface area contributed by atoms with Crippen LogP contribution in [-0.2, 0) is 9.84 Å².